The van der Waals surface area contributed by atoms with Crippen LogP contribution in [-0.2, 0) is 4.79 Å². The molecule has 3 amide bonds. The molecule has 1 heterocycles. The Morgan fingerprint density at radius 2 is 1.86 bits per heavy atom. The minimum Gasteiger partial charge on any atom is -0.493 e. The average Bonchev–Trinajstić information content (AvgIpc) is 2.68. The molecule has 1 atom stereocenters. The standard InChI is InChI=1S/C20H20ClN3O4/c1-11-16(19(25)23-14-9-5-4-8-13(14)21)17(24-20(26)22-11)12-7-6-10-15(27-2)18(12)28-3/h4-10,17H,1-3H3,(H,23,25)(H2,22,24,26). The molecule has 0 bridgehead atoms. The number of carbonyl (C=O) groups excluding carboxylic acids is 2. The van der Waals surface area contributed by atoms with E-state index >= 15 is 0 Å². The van der Waals surface area contributed by atoms with Crippen LogP contribution in [-0.4, -0.2) is 26.2 Å². The summed E-state index contributed by atoms with van der Waals surface area (Å²) in [5, 5.41) is 8.64. The van der Waals surface area contributed by atoms with Gasteiger partial charge in [0.15, 0.2) is 11.5 Å². The van der Waals surface area contributed by atoms with Gasteiger partial charge in [-0.05, 0) is 25.1 Å². The molecule has 3 N–H and O–H groups in total. The number of benzene rings is 2. The number of halogens is 1. The quantitative estimate of drug-likeness (QED) is 0.713. The number of anilines is 1. The zero-order chi connectivity index (χ0) is 20.3. The third-order valence-electron chi connectivity index (χ3n) is 4.38. The highest BCUT2D eigenvalue weighted by Gasteiger charge is 2.34. The van der Waals surface area contributed by atoms with Crippen LogP contribution in [0.1, 0.15) is 18.5 Å². The fourth-order valence-corrected chi connectivity index (χ4v) is 3.30. The molecule has 8 heteroatoms. The Morgan fingerprint density at radius 1 is 1.11 bits per heavy atom. The van der Waals surface area contributed by atoms with Crippen LogP contribution in [0.3, 0.4) is 0 Å². The van der Waals surface area contributed by atoms with Crippen LogP contribution >= 0.6 is 11.6 Å². The van der Waals surface area contributed by atoms with Crippen molar-refractivity contribution in [2.75, 3.05) is 19.5 Å². The molecule has 1 unspecified atom stereocenters. The van der Waals surface area contributed by atoms with Crippen molar-refractivity contribution < 1.29 is 19.1 Å². The Balaban J connectivity index is 2.05. The van der Waals surface area contributed by atoms with Gasteiger partial charge in [-0.1, -0.05) is 35.9 Å². The lowest BCUT2D eigenvalue weighted by molar-refractivity contribution is -0.113. The van der Waals surface area contributed by atoms with Crippen LogP contribution < -0.4 is 25.4 Å². The summed E-state index contributed by atoms with van der Waals surface area (Å²) in [5.74, 6) is 0.539. The summed E-state index contributed by atoms with van der Waals surface area (Å²) in [4.78, 5) is 25.2. The number of amides is 3. The van der Waals surface area contributed by atoms with E-state index in [1.165, 1.54) is 14.2 Å². The molecule has 1 aliphatic heterocycles. The predicted molar refractivity (Wildman–Crippen MR) is 107 cm³/mol. The third-order valence-corrected chi connectivity index (χ3v) is 4.71. The molecule has 0 saturated heterocycles. The van der Waals surface area contributed by atoms with Crippen molar-refractivity contribution in [2.24, 2.45) is 0 Å². The van der Waals surface area contributed by atoms with Crippen molar-refractivity contribution in [3.8, 4) is 11.5 Å². The van der Waals surface area contributed by atoms with Gasteiger partial charge in [-0.25, -0.2) is 4.79 Å². The van der Waals surface area contributed by atoms with E-state index in [0.717, 1.165) is 0 Å². The maximum absolute atomic E-state index is 13.1. The molecule has 7 nitrogen and oxygen atoms in total. The minimum atomic E-state index is -0.735. The molecule has 1 aliphatic rings. The number of rotatable bonds is 5. The molecule has 2 aromatic rings. The van der Waals surface area contributed by atoms with Crippen LogP contribution in [0.5, 0.6) is 11.5 Å². The second-order valence-electron chi connectivity index (χ2n) is 6.09. The van der Waals surface area contributed by atoms with E-state index in [0.29, 0.717) is 39.0 Å². The number of hydrogen-bond acceptors (Lipinski definition) is 4. The SMILES string of the molecule is COc1cccc(C2NC(=O)NC(C)=C2C(=O)Nc2ccccc2Cl)c1OC. The van der Waals surface area contributed by atoms with Gasteiger partial charge < -0.3 is 25.4 Å². The summed E-state index contributed by atoms with van der Waals surface area (Å²) >= 11 is 6.15. The maximum atomic E-state index is 13.1. The van der Waals surface area contributed by atoms with E-state index in [-0.39, 0.29) is 0 Å². The largest absolute Gasteiger partial charge is 0.493 e. The molecular formula is C20H20ClN3O4. The minimum absolute atomic E-state index is 0.339. The van der Waals surface area contributed by atoms with E-state index in [1.54, 1.807) is 49.4 Å². The molecule has 0 fully saturated rings. The van der Waals surface area contributed by atoms with E-state index in [2.05, 4.69) is 16.0 Å². The first-order valence-electron chi connectivity index (χ1n) is 8.51. The molecule has 0 radical (unpaired) electrons. The molecule has 0 aromatic heterocycles. The number of urea groups is 1. The highest BCUT2D eigenvalue weighted by Crippen LogP contribution is 2.39. The smallest absolute Gasteiger partial charge is 0.319 e. The molecule has 3 rings (SSSR count). The first-order chi connectivity index (χ1) is 13.5. The maximum Gasteiger partial charge on any atom is 0.319 e. The monoisotopic (exact) mass is 401 g/mol. The summed E-state index contributed by atoms with van der Waals surface area (Å²) in [5.41, 5.74) is 1.84. The van der Waals surface area contributed by atoms with Gasteiger partial charge in [-0.15, -0.1) is 0 Å². The topological polar surface area (TPSA) is 88.7 Å². The molecule has 0 spiro atoms. The van der Waals surface area contributed by atoms with Crippen molar-refractivity contribution in [1.82, 2.24) is 10.6 Å². The highest BCUT2D eigenvalue weighted by molar-refractivity contribution is 6.33. The molecule has 0 saturated carbocycles. The van der Waals surface area contributed by atoms with E-state index in [4.69, 9.17) is 21.1 Å². The Morgan fingerprint density at radius 3 is 2.54 bits per heavy atom. The zero-order valence-electron chi connectivity index (χ0n) is 15.6. The summed E-state index contributed by atoms with van der Waals surface area (Å²) in [6, 6.07) is 11.1. The Kier molecular flexibility index (Phi) is 5.75. The fraction of sp³-hybridized carbons (Fsp3) is 0.200. The summed E-state index contributed by atoms with van der Waals surface area (Å²) in [6.45, 7) is 1.67. The predicted octanol–water partition coefficient (Wildman–Crippen LogP) is 3.62. The lowest BCUT2D eigenvalue weighted by atomic mass is 9.93. The first kappa shape index (κ1) is 19.6. The normalized spacial score (nSPS) is 16.1. The van der Waals surface area contributed by atoms with Crippen LogP contribution in [0.15, 0.2) is 53.7 Å². The van der Waals surface area contributed by atoms with E-state index in [1.807, 2.05) is 0 Å². The van der Waals surface area contributed by atoms with Gasteiger partial charge in [0.1, 0.15) is 0 Å². The Bertz CT molecular complexity index is 958. The number of hydrogen-bond donors (Lipinski definition) is 3. The summed E-state index contributed by atoms with van der Waals surface area (Å²) in [7, 11) is 3.03. The van der Waals surface area contributed by atoms with E-state index < -0.39 is 18.0 Å². The Labute approximate surface area is 167 Å². The lowest BCUT2D eigenvalue weighted by Crippen LogP contribution is -2.46. The second-order valence-corrected chi connectivity index (χ2v) is 6.49. The number of allylic oxidation sites excluding steroid dienone is 1. The van der Waals surface area contributed by atoms with Crippen LogP contribution in [0.2, 0.25) is 5.02 Å². The van der Waals surface area contributed by atoms with Gasteiger partial charge in [-0.3, -0.25) is 4.79 Å². The van der Waals surface area contributed by atoms with Gasteiger partial charge in [0, 0.05) is 11.3 Å². The number of nitrogens with one attached hydrogen (secondary N) is 3. The van der Waals surface area contributed by atoms with Crippen LogP contribution in [0, 0.1) is 0 Å². The number of carbonyl (C=O) groups is 2. The number of ether oxygens (including phenoxy) is 2. The lowest BCUT2D eigenvalue weighted by Gasteiger charge is -2.30. The van der Waals surface area contributed by atoms with Gasteiger partial charge in [-0.2, -0.15) is 0 Å². The molecule has 146 valence electrons. The second kappa shape index (κ2) is 8.22. The van der Waals surface area contributed by atoms with Crippen LogP contribution in [0.4, 0.5) is 10.5 Å². The highest BCUT2D eigenvalue weighted by atomic mass is 35.5. The summed E-state index contributed by atoms with van der Waals surface area (Å²) in [6.07, 6.45) is 0. The van der Waals surface area contributed by atoms with Crippen molar-refractivity contribution >= 4 is 29.2 Å². The van der Waals surface area contributed by atoms with Crippen LogP contribution in [0.25, 0.3) is 0 Å². The van der Waals surface area contributed by atoms with Gasteiger partial charge in [0.2, 0.25) is 0 Å². The zero-order valence-corrected chi connectivity index (χ0v) is 16.4. The average molecular weight is 402 g/mol. The number of para-hydroxylation sites is 2. The fourth-order valence-electron chi connectivity index (χ4n) is 3.12. The van der Waals surface area contributed by atoms with Gasteiger partial charge in [0.05, 0.1) is 36.5 Å². The van der Waals surface area contributed by atoms with Crippen molar-refractivity contribution in [3.63, 3.8) is 0 Å². The van der Waals surface area contributed by atoms with Crippen molar-refractivity contribution in [2.45, 2.75) is 13.0 Å². The van der Waals surface area contributed by atoms with Crippen molar-refractivity contribution in [1.29, 1.82) is 0 Å². The summed E-state index contributed by atoms with van der Waals surface area (Å²) < 4.78 is 10.8. The Hall–Kier alpha value is -3.19. The molecule has 28 heavy (non-hydrogen) atoms. The van der Waals surface area contributed by atoms with Crippen molar-refractivity contribution in [3.05, 3.63) is 64.3 Å². The first-order valence-corrected chi connectivity index (χ1v) is 8.89. The molecule has 0 aliphatic carbocycles. The molecule has 2 aromatic carbocycles. The van der Waals surface area contributed by atoms with E-state index in [9.17, 15) is 9.59 Å². The van der Waals surface area contributed by atoms with Gasteiger partial charge >= 0.3 is 6.03 Å². The third kappa shape index (κ3) is 3.75. The van der Waals surface area contributed by atoms with Gasteiger partial charge in [0.25, 0.3) is 5.91 Å². The number of methoxy groups -OCH3 is 2. The molecular weight excluding hydrogens is 382 g/mol.